The van der Waals surface area contributed by atoms with E-state index in [1.165, 1.54) is 24.8 Å². The second-order valence-electron chi connectivity index (χ2n) is 10.5. The molecule has 0 saturated carbocycles. The fourth-order valence-electron chi connectivity index (χ4n) is 5.54. The summed E-state index contributed by atoms with van der Waals surface area (Å²) in [6.07, 6.45) is 6.29. The lowest BCUT2D eigenvalue weighted by molar-refractivity contribution is -0.133. The van der Waals surface area contributed by atoms with Gasteiger partial charge in [0, 0.05) is 43.7 Å². The molecule has 0 bridgehead atoms. The highest BCUT2D eigenvalue weighted by molar-refractivity contribution is 6.42. The molecule has 38 heavy (non-hydrogen) atoms. The van der Waals surface area contributed by atoms with E-state index < -0.39 is 0 Å². The fraction of sp³-hybridized carbons (Fsp3) is 0.533. The normalized spacial score (nSPS) is 21.7. The number of carbonyl (C=O) groups is 2. The minimum absolute atomic E-state index is 0.00108. The molecule has 0 radical (unpaired) electrons. The van der Waals surface area contributed by atoms with Gasteiger partial charge >= 0.3 is 0 Å². The number of nitrogens with zero attached hydrogens (tertiary/aromatic N) is 2. The molecule has 2 amide bonds. The maximum absolute atomic E-state index is 13.8. The minimum Gasteiger partial charge on any atom is -0.350 e. The zero-order valence-electron chi connectivity index (χ0n) is 22.3. The van der Waals surface area contributed by atoms with Gasteiger partial charge in [-0.1, -0.05) is 66.9 Å². The van der Waals surface area contributed by atoms with E-state index in [9.17, 15) is 9.59 Å². The van der Waals surface area contributed by atoms with E-state index >= 15 is 0 Å². The average molecular weight is 560 g/mol. The van der Waals surface area contributed by atoms with Crippen molar-refractivity contribution < 1.29 is 9.59 Å². The number of halogens is 2. The molecule has 2 fully saturated rings. The van der Waals surface area contributed by atoms with Crippen molar-refractivity contribution in [2.75, 3.05) is 39.3 Å². The number of hydrogen-bond donors (Lipinski definition) is 2. The van der Waals surface area contributed by atoms with Crippen molar-refractivity contribution >= 4 is 35.0 Å². The van der Waals surface area contributed by atoms with Gasteiger partial charge in [-0.3, -0.25) is 9.59 Å². The van der Waals surface area contributed by atoms with Gasteiger partial charge in [-0.2, -0.15) is 0 Å². The molecule has 2 saturated heterocycles. The second kappa shape index (κ2) is 14.3. The Balaban J connectivity index is 1.43. The Hall–Kier alpha value is -2.12. The van der Waals surface area contributed by atoms with Gasteiger partial charge in [0.05, 0.1) is 16.1 Å². The maximum Gasteiger partial charge on any atom is 0.251 e. The number of amides is 2. The van der Waals surface area contributed by atoms with E-state index in [1.54, 1.807) is 18.2 Å². The molecule has 2 aliphatic heterocycles. The summed E-state index contributed by atoms with van der Waals surface area (Å²) >= 11 is 12.1. The Morgan fingerprint density at radius 3 is 2.53 bits per heavy atom. The van der Waals surface area contributed by atoms with Crippen LogP contribution in [0.5, 0.6) is 0 Å². The predicted molar refractivity (Wildman–Crippen MR) is 155 cm³/mol. The molecular weight excluding hydrogens is 519 g/mol. The summed E-state index contributed by atoms with van der Waals surface area (Å²) in [6.45, 7) is 7.14. The zero-order chi connectivity index (χ0) is 26.9. The molecule has 3 atom stereocenters. The number of rotatable bonds is 10. The van der Waals surface area contributed by atoms with Crippen LogP contribution in [0.25, 0.3) is 0 Å². The van der Waals surface area contributed by atoms with Crippen LogP contribution in [0.15, 0.2) is 48.5 Å². The number of nitrogens with one attached hydrogen (secondary N) is 2. The van der Waals surface area contributed by atoms with Crippen molar-refractivity contribution in [3.05, 3.63) is 69.7 Å². The molecule has 8 heteroatoms. The molecular formula is C30H40Cl2N4O2. The van der Waals surface area contributed by atoms with Gasteiger partial charge in [-0.05, 0) is 69.0 Å². The first kappa shape index (κ1) is 28.9. The monoisotopic (exact) mass is 558 g/mol. The van der Waals surface area contributed by atoms with E-state index in [0.29, 0.717) is 41.2 Å². The third kappa shape index (κ3) is 7.95. The molecule has 0 spiro atoms. The number of likely N-dealkylation sites (tertiary alicyclic amines) is 1. The Labute approximate surface area is 237 Å². The standard InChI is InChI=1S/C30H40Cl2N4O2/c1-2-22(23-9-5-3-6-10-23)21-36-18-13-25(20-33-29(37)24-11-12-26(31)27(32)19-24)34-28(30(36)38)14-17-35-15-7-4-8-16-35/h3,5-6,9-12,19,22,25,28,34H,2,4,7-8,13-18,20-21H2,1H3,(H,33,37). The molecule has 2 N–H and O–H groups in total. The molecule has 0 aliphatic carbocycles. The third-order valence-corrected chi connectivity index (χ3v) is 8.61. The highest BCUT2D eigenvalue weighted by atomic mass is 35.5. The molecule has 0 aromatic heterocycles. The van der Waals surface area contributed by atoms with Crippen LogP contribution < -0.4 is 10.6 Å². The Morgan fingerprint density at radius 1 is 1.05 bits per heavy atom. The van der Waals surface area contributed by atoms with Crippen molar-refractivity contribution in [2.45, 2.75) is 63.5 Å². The topological polar surface area (TPSA) is 64.7 Å². The second-order valence-corrected chi connectivity index (χ2v) is 11.3. The molecule has 4 rings (SSSR count). The first-order chi connectivity index (χ1) is 18.4. The van der Waals surface area contributed by atoms with Crippen LogP contribution in [0, 0.1) is 0 Å². The highest BCUT2D eigenvalue weighted by Crippen LogP contribution is 2.24. The fourth-order valence-corrected chi connectivity index (χ4v) is 5.84. The Morgan fingerprint density at radius 2 is 1.82 bits per heavy atom. The lowest BCUT2D eigenvalue weighted by Gasteiger charge is -2.31. The number of carbonyl (C=O) groups excluding carboxylic acids is 2. The summed E-state index contributed by atoms with van der Waals surface area (Å²) in [5.74, 6) is 0.279. The lowest BCUT2D eigenvalue weighted by Crippen LogP contribution is -2.50. The predicted octanol–water partition coefficient (Wildman–Crippen LogP) is 5.35. The number of hydrogen-bond acceptors (Lipinski definition) is 4. The Kier molecular flexibility index (Phi) is 10.9. The molecule has 6 nitrogen and oxygen atoms in total. The van der Waals surface area contributed by atoms with E-state index in [1.807, 2.05) is 6.07 Å². The van der Waals surface area contributed by atoms with E-state index in [2.05, 4.69) is 51.6 Å². The van der Waals surface area contributed by atoms with Crippen molar-refractivity contribution in [2.24, 2.45) is 0 Å². The van der Waals surface area contributed by atoms with Gasteiger partial charge in [0.15, 0.2) is 0 Å². The lowest BCUT2D eigenvalue weighted by atomic mass is 9.95. The van der Waals surface area contributed by atoms with E-state index in [0.717, 1.165) is 38.9 Å². The summed E-state index contributed by atoms with van der Waals surface area (Å²) < 4.78 is 0. The van der Waals surface area contributed by atoms with Crippen LogP contribution in [-0.4, -0.2) is 73.0 Å². The van der Waals surface area contributed by atoms with Crippen molar-refractivity contribution in [3.8, 4) is 0 Å². The van der Waals surface area contributed by atoms with Crippen LogP contribution >= 0.6 is 23.2 Å². The maximum atomic E-state index is 13.8. The van der Waals surface area contributed by atoms with Crippen molar-refractivity contribution in [3.63, 3.8) is 0 Å². The molecule has 206 valence electrons. The molecule has 2 heterocycles. The average Bonchev–Trinajstić information content (AvgIpc) is 3.09. The zero-order valence-corrected chi connectivity index (χ0v) is 23.8. The summed E-state index contributed by atoms with van der Waals surface area (Å²) in [6, 6.07) is 15.1. The van der Waals surface area contributed by atoms with E-state index in [-0.39, 0.29) is 23.9 Å². The highest BCUT2D eigenvalue weighted by Gasteiger charge is 2.32. The van der Waals surface area contributed by atoms with Crippen LogP contribution in [-0.2, 0) is 4.79 Å². The summed E-state index contributed by atoms with van der Waals surface area (Å²) in [5, 5.41) is 7.42. The smallest absolute Gasteiger partial charge is 0.251 e. The molecule has 2 aromatic carbocycles. The van der Waals surface area contributed by atoms with Crippen LogP contribution in [0.2, 0.25) is 10.0 Å². The number of benzene rings is 2. The summed E-state index contributed by atoms with van der Waals surface area (Å²) in [5.41, 5.74) is 1.75. The van der Waals surface area contributed by atoms with Crippen LogP contribution in [0.3, 0.4) is 0 Å². The van der Waals surface area contributed by atoms with Gasteiger partial charge in [0.2, 0.25) is 5.91 Å². The Bertz CT molecular complexity index is 1060. The first-order valence-corrected chi connectivity index (χ1v) is 14.8. The van der Waals surface area contributed by atoms with Gasteiger partial charge in [0.25, 0.3) is 5.91 Å². The van der Waals surface area contributed by atoms with Gasteiger partial charge in [-0.25, -0.2) is 0 Å². The summed E-state index contributed by atoms with van der Waals surface area (Å²) in [4.78, 5) is 31.1. The minimum atomic E-state index is -0.264. The van der Waals surface area contributed by atoms with Gasteiger partial charge < -0.3 is 20.4 Å². The van der Waals surface area contributed by atoms with E-state index in [4.69, 9.17) is 23.2 Å². The summed E-state index contributed by atoms with van der Waals surface area (Å²) in [7, 11) is 0. The quantitative estimate of drug-likeness (QED) is 0.412. The molecule has 2 aliphatic rings. The van der Waals surface area contributed by atoms with Crippen LogP contribution in [0.4, 0.5) is 0 Å². The largest absolute Gasteiger partial charge is 0.350 e. The molecule has 2 aromatic rings. The number of piperidine rings is 1. The SMILES string of the molecule is CCC(CN1CCC(CNC(=O)c2ccc(Cl)c(Cl)c2)NC(CCN2CCCCC2)C1=O)c1ccccc1. The van der Waals surface area contributed by atoms with Crippen molar-refractivity contribution in [1.82, 2.24) is 20.4 Å². The van der Waals surface area contributed by atoms with Gasteiger partial charge in [-0.15, -0.1) is 0 Å². The van der Waals surface area contributed by atoms with Crippen LogP contribution in [0.1, 0.15) is 67.3 Å². The third-order valence-electron chi connectivity index (χ3n) is 7.87. The molecule has 3 unspecified atom stereocenters. The first-order valence-electron chi connectivity index (χ1n) is 14.0. The van der Waals surface area contributed by atoms with Crippen molar-refractivity contribution in [1.29, 1.82) is 0 Å². The van der Waals surface area contributed by atoms with Gasteiger partial charge in [0.1, 0.15) is 0 Å².